The van der Waals surface area contributed by atoms with E-state index in [0.29, 0.717) is 17.7 Å². The topological polar surface area (TPSA) is 107 Å². The van der Waals surface area contributed by atoms with Crippen molar-refractivity contribution < 1.29 is 27.5 Å². The van der Waals surface area contributed by atoms with Crippen LogP contribution >= 0.6 is 11.8 Å². The number of Topliss-reactive ketones (excluding diaryl/α,β-unsaturated/α-hetero) is 1. The number of hydrogen-bond donors (Lipinski definition) is 1. The van der Waals surface area contributed by atoms with Crippen molar-refractivity contribution in [2.24, 2.45) is 0 Å². The van der Waals surface area contributed by atoms with E-state index in [1.807, 2.05) is 0 Å². The van der Waals surface area contributed by atoms with Crippen LogP contribution in [0.4, 0.5) is 5.69 Å². The van der Waals surface area contributed by atoms with Crippen LogP contribution in [0.3, 0.4) is 0 Å². The SMILES string of the molecule is CC(=O)c1ccc(NC(=O)[C@@H](C)OC(=O)CS[C@@H]2CCS(=O)(=O)C2)cc1. The third kappa shape index (κ3) is 6.14. The number of amides is 1. The maximum absolute atomic E-state index is 12.1. The van der Waals surface area contributed by atoms with E-state index >= 15 is 0 Å². The van der Waals surface area contributed by atoms with Crippen LogP contribution in [0.1, 0.15) is 30.6 Å². The van der Waals surface area contributed by atoms with Gasteiger partial charge in [-0.3, -0.25) is 14.4 Å². The first kappa shape index (κ1) is 20.4. The predicted molar refractivity (Wildman–Crippen MR) is 100 cm³/mol. The quantitative estimate of drug-likeness (QED) is 0.549. The molecule has 2 rings (SSSR count). The molecule has 142 valence electrons. The molecule has 0 aliphatic carbocycles. The highest BCUT2D eigenvalue weighted by Gasteiger charge is 2.29. The number of carbonyl (C=O) groups excluding carboxylic acids is 3. The molecule has 1 aromatic rings. The van der Waals surface area contributed by atoms with Gasteiger partial charge in [0.1, 0.15) is 0 Å². The Hall–Kier alpha value is -1.87. The summed E-state index contributed by atoms with van der Waals surface area (Å²) in [5, 5.41) is 2.51. The number of ketones is 1. The van der Waals surface area contributed by atoms with Crippen LogP contribution in [0.15, 0.2) is 24.3 Å². The molecule has 1 heterocycles. The number of nitrogens with one attached hydrogen (secondary N) is 1. The van der Waals surface area contributed by atoms with Crippen molar-refractivity contribution in [1.29, 1.82) is 0 Å². The second-order valence-electron chi connectivity index (χ2n) is 6.09. The van der Waals surface area contributed by atoms with E-state index in [0.717, 1.165) is 0 Å². The molecular weight excluding hydrogens is 378 g/mol. The lowest BCUT2D eigenvalue weighted by molar-refractivity contribution is -0.150. The largest absolute Gasteiger partial charge is 0.452 e. The lowest BCUT2D eigenvalue weighted by atomic mass is 10.1. The molecule has 0 spiro atoms. The van der Waals surface area contributed by atoms with Gasteiger partial charge >= 0.3 is 5.97 Å². The highest BCUT2D eigenvalue weighted by Crippen LogP contribution is 2.24. The Balaban J connectivity index is 1.77. The molecule has 0 saturated carbocycles. The van der Waals surface area contributed by atoms with Crippen molar-refractivity contribution >= 4 is 44.9 Å². The number of rotatable bonds is 7. The van der Waals surface area contributed by atoms with Gasteiger partial charge in [-0.1, -0.05) is 0 Å². The van der Waals surface area contributed by atoms with Crippen LogP contribution in [-0.4, -0.2) is 54.7 Å². The minimum atomic E-state index is -2.98. The first-order valence-corrected chi connectivity index (χ1v) is 11.0. The second kappa shape index (κ2) is 8.68. The fourth-order valence-corrected chi connectivity index (χ4v) is 5.82. The summed E-state index contributed by atoms with van der Waals surface area (Å²) in [6.07, 6.45) is -0.449. The second-order valence-corrected chi connectivity index (χ2v) is 9.61. The molecular formula is C17H21NO6S2. The molecule has 0 bridgehead atoms. The summed E-state index contributed by atoms with van der Waals surface area (Å²) in [5.41, 5.74) is 1.03. The Morgan fingerprint density at radius 1 is 1.27 bits per heavy atom. The number of sulfone groups is 1. The summed E-state index contributed by atoms with van der Waals surface area (Å²) < 4.78 is 27.8. The first-order valence-electron chi connectivity index (χ1n) is 8.09. The first-order chi connectivity index (χ1) is 12.2. The minimum absolute atomic E-state index is 0.00507. The molecule has 26 heavy (non-hydrogen) atoms. The molecule has 1 fully saturated rings. The van der Waals surface area contributed by atoms with Crippen LogP contribution in [0.2, 0.25) is 0 Å². The van der Waals surface area contributed by atoms with Crippen molar-refractivity contribution in [3.63, 3.8) is 0 Å². The standard InChI is InChI=1S/C17H21NO6S2/c1-11(19)13-3-5-14(6-4-13)18-17(21)12(2)24-16(20)9-25-15-7-8-26(22,23)10-15/h3-6,12,15H,7-10H2,1-2H3,(H,18,21)/t12-,15-/m1/s1. The third-order valence-electron chi connectivity index (χ3n) is 3.86. The number of esters is 1. The summed E-state index contributed by atoms with van der Waals surface area (Å²) in [5.74, 6) is -0.877. The summed E-state index contributed by atoms with van der Waals surface area (Å²) >= 11 is 1.24. The number of benzene rings is 1. The van der Waals surface area contributed by atoms with Gasteiger partial charge in [-0.05, 0) is 44.5 Å². The lowest BCUT2D eigenvalue weighted by Crippen LogP contribution is -2.30. The summed E-state index contributed by atoms with van der Waals surface area (Å²) in [4.78, 5) is 35.1. The van der Waals surface area contributed by atoms with Crippen LogP contribution in [0.25, 0.3) is 0 Å². The van der Waals surface area contributed by atoms with Crippen molar-refractivity contribution in [2.45, 2.75) is 31.6 Å². The molecule has 0 aromatic heterocycles. The summed E-state index contributed by atoms with van der Waals surface area (Å²) in [6.45, 7) is 2.91. The van der Waals surface area contributed by atoms with E-state index in [9.17, 15) is 22.8 Å². The molecule has 0 radical (unpaired) electrons. The molecule has 7 nitrogen and oxygen atoms in total. The van der Waals surface area contributed by atoms with Gasteiger partial charge in [-0.25, -0.2) is 8.42 Å². The number of thioether (sulfide) groups is 1. The van der Waals surface area contributed by atoms with Gasteiger partial charge in [-0.15, -0.1) is 11.8 Å². The lowest BCUT2D eigenvalue weighted by Gasteiger charge is -2.14. The summed E-state index contributed by atoms with van der Waals surface area (Å²) in [6, 6.07) is 6.39. The average molecular weight is 399 g/mol. The molecule has 1 saturated heterocycles. The third-order valence-corrected chi connectivity index (χ3v) is 7.12. The van der Waals surface area contributed by atoms with Crippen LogP contribution in [0, 0.1) is 0 Å². The van der Waals surface area contributed by atoms with Gasteiger partial charge in [0.05, 0.1) is 17.3 Å². The van der Waals surface area contributed by atoms with E-state index in [2.05, 4.69) is 5.32 Å². The smallest absolute Gasteiger partial charge is 0.316 e. The van der Waals surface area contributed by atoms with Gasteiger partial charge in [0.2, 0.25) is 0 Å². The number of anilines is 1. The zero-order chi connectivity index (χ0) is 19.3. The van der Waals surface area contributed by atoms with Gasteiger partial charge in [0, 0.05) is 16.5 Å². The van der Waals surface area contributed by atoms with Crippen molar-refractivity contribution in [3.05, 3.63) is 29.8 Å². The van der Waals surface area contributed by atoms with E-state index in [1.165, 1.54) is 25.6 Å². The van der Waals surface area contributed by atoms with Crippen molar-refractivity contribution in [1.82, 2.24) is 0 Å². The highest BCUT2D eigenvalue weighted by molar-refractivity contribution is 8.02. The molecule has 1 N–H and O–H groups in total. The van der Waals surface area contributed by atoms with Crippen LogP contribution in [0.5, 0.6) is 0 Å². The van der Waals surface area contributed by atoms with Gasteiger partial charge in [-0.2, -0.15) is 0 Å². The molecule has 2 atom stereocenters. The van der Waals surface area contributed by atoms with Crippen molar-refractivity contribution in [2.75, 3.05) is 22.6 Å². The summed E-state index contributed by atoms with van der Waals surface area (Å²) in [7, 11) is -2.98. The Morgan fingerprint density at radius 2 is 1.92 bits per heavy atom. The molecule has 9 heteroatoms. The Morgan fingerprint density at radius 3 is 2.46 bits per heavy atom. The normalized spacial score (nSPS) is 19.5. The van der Waals surface area contributed by atoms with Crippen LogP contribution in [-0.2, 0) is 24.2 Å². The van der Waals surface area contributed by atoms with Crippen LogP contribution < -0.4 is 5.32 Å². The molecule has 1 aliphatic rings. The van der Waals surface area contributed by atoms with E-state index in [-0.39, 0.29) is 28.3 Å². The Kier molecular flexibility index (Phi) is 6.82. The Bertz CT molecular complexity index is 788. The number of hydrogen-bond acceptors (Lipinski definition) is 7. The van der Waals surface area contributed by atoms with Gasteiger partial charge in [0.15, 0.2) is 21.7 Å². The predicted octanol–water partition coefficient (Wildman–Crippen LogP) is 1.68. The van der Waals surface area contributed by atoms with Gasteiger partial charge in [0.25, 0.3) is 5.91 Å². The van der Waals surface area contributed by atoms with E-state index < -0.39 is 27.8 Å². The van der Waals surface area contributed by atoms with Gasteiger partial charge < -0.3 is 10.1 Å². The molecule has 1 amide bonds. The maximum Gasteiger partial charge on any atom is 0.316 e. The zero-order valence-electron chi connectivity index (χ0n) is 14.6. The zero-order valence-corrected chi connectivity index (χ0v) is 16.2. The maximum atomic E-state index is 12.1. The number of ether oxygens (including phenoxy) is 1. The van der Waals surface area contributed by atoms with Crippen molar-refractivity contribution in [3.8, 4) is 0 Å². The highest BCUT2D eigenvalue weighted by atomic mass is 32.2. The molecule has 1 aromatic carbocycles. The fourth-order valence-electron chi connectivity index (χ4n) is 2.40. The van der Waals surface area contributed by atoms with E-state index in [4.69, 9.17) is 4.74 Å². The molecule has 1 aliphatic heterocycles. The number of carbonyl (C=O) groups is 3. The fraction of sp³-hybridized carbons (Fsp3) is 0.471. The molecule has 0 unspecified atom stereocenters. The minimum Gasteiger partial charge on any atom is -0.452 e. The average Bonchev–Trinajstić information content (AvgIpc) is 2.92. The van der Waals surface area contributed by atoms with E-state index in [1.54, 1.807) is 24.3 Å². The monoisotopic (exact) mass is 399 g/mol. The Labute approximate surface area is 156 Å².